The number of aromatic nitrogens is 1. The van der Waals surface area contributed by atoms with Gasteiger partial charge in [-0.25, -0.2) is 17.5 Å². The summed E-state index contributed by atoms with van der Waals surface area (Å²) in [6.07, 6.45) is 1.62. The second-order valence-corrected chi connectivity index (χ2v) is 7.98. The van der Waals surface area contributed by atoms with Gasteiger partial charge in [0.2, 0.25) is 10.0 Å². The zero-order chi connectivity index (χ0) is 17.9. The van der Waals surface area contributed by atoms with Crippen LogP contribution < -0.4 is 4.72 Å². The fraction of sp³-hybridized carbons (Fsp3) is 0.0556. The van der Waals surface area contributed by atoms with Gasteiger partial charge in [0, 0.05) is 22.8 Å². The molecule has 2 aromatic carbocycles. The first kappa shape index (κ1) is 17.7. The van der Waals surface area contributed by atoms with Gasteiger partial charge in [0.1, 0.15) is 5.82 Å². The summed E-state index contributed by atoms with van der Waals surface area (Å²) in [7, 11) is -3.64. The second-order valence-electron chi connectivity index (χ2n) is 5.30. The number of hydrogen-bond acceptors (Lipinski definition) is 3. The summed E-state index contributed by atoms with van der Waals surface area (Å²) in [6, 6.07) is 15.8. The highest BCUT2D eigenvalue weighted by molar-refractivity contribution is 9.10. The van der Waals surface area contributed by atoms with Gasteiger partial charge in [-0.05, 0) is 60.2 Å². The third-order valence-electron chi connectivity index (χ3n) is 3.59. The van der Waals surface area contributed by atoms with Crippen molar-refractivity contribution < 1.29 is 12.8 Å². The second kappa shape index (κ2) is 7.43. The molecule has 0 amide bonds. The molecule has 0 fully saturated rings. The van der Waals surface area contributed by atoms with E-state index < -0.39 is 10.0 Å². The minimum atomic E-state index is -3.64. The Bertz CT molecular complexity index is 975. The zero-order valence-corrected chi connectivity index (χ0v) is 15.4. The van der Waals surface area contributed by atoms with Crippen molar-refractivity contribution in [1.82, 2.24) is 9.71 Å². The molecule has 4 nitrogen and oxygen atoms in total. The Morgan fingerprint density at radius 1 is 1.00 bits per heavy atom. The van der Waals surface area contributed by atoms with Gasteiger partial charge in [-0.1, -0.05) is 22.0 Å². The highest BCUT2D eigenvalue weighted by Gasteiger charge is 2.15. The third-order valence-corrected chi connectivity index (χ3v) is 5.53. The van der Waals surface area contributed by atoms with E-state index in [1.165, 1.54) is 24.3 Å². The topological polar surface area (TPSA) is 59.1 Å². The van der Waals surface area contributed by atoms with Gasteiger partial charge in [0.25, 0.3) is 0 Å². The van der Waals surface area contributed by atoms with Crippen molar-refractivity contribution in [3.05, 3.63) is 82.7 Å². The molecule has 25 heavy (non-hydrogen) atoms. The predicted octanol–water partition coefficient (Wildman–Crippen LogP) is 4.13. The molecule has 0 spiro atoms. The lowest BCUT2D eigenvalue weighted by Crippen LogP contribution is -2.23. The summed E-state index contributed by atoms with van der Waals surface area (Å²) >= 11 is 3.28. The smallest absolute Gasteiger partial charge is 0.240 e. The van der Waals surface area contributed by atoms with Crippen LogP contribution in [0.25, 0.3) is 11.3 Å². The SMILES string of the molecule is O=S(=O)(NCc1cccnc1-c1ccc(F)cc1)c1ccc(Br)cc1. The molecule has 0 bridgehead atoms. The van der Waals surface area contributed by atoms with E-state index in [1.807, 2.05) is 0 Å². The largest absolute Gasteiger partial charge is 0.256 e. The lowest BCUT2D eigenvalue weighted by molar-refractivity contribution is 0.581. The molecule has 0 radical (unpaired) electrons. The summed E-state index contributed by atoms with van der Waals surface area (Å²) in [4.78, 5) is 4.48. The van der Waals surface area contributed by atoms with Crippen LogP contribution >= 0.6 is 15.9 Å². The first-order chi connectivity index (χ1) is 12.0. The molecule has 0 saturated carbocycles. The van der Waals surface area contributed by atoms with Crippen LogP contribution in [0.4, 0.5) is 4.39 Å². The van der Waals surface area contributed by atoms with Gasteiger partial charge >= 0.3 is 0 Å². The van der Waals surface area contributed by atoms with Crippen molar-refractivity contribution in [2.24, 2.45) is 0 Å². The molecule has 3 aromatic rings. The zero-order valence-electron chi connectivity index (χ0n) is 13.0. The monoisotopic (exact) mass is 420 g/mol. The van der Waals surface area contributed by atoms with Gasteiger partial charge in [-0.2, -0.15) is 0 Å². The van der Waals surface area contributed by atoms with E-state index in [-0.39, 0.29) is 17.3 Å². The number of benzene rings is 2. The first-order valence-corrected chi connectivity index (χ1v) is 9.68. The highest BCUT2D eigenvalue weighted by atomic mass is 79.9. The molecule has 1 aromatic heterocycles. The van der Waals surface area contributed by atoms with E-state index in [0.717, 1.165) is 10.0 Å². The summed E-state index contributed by atoms with van der Waals surface area (Å²) < 4.78 is 41.3. The number of halogens is 2. The van der Waals surface area contributed by atoms with Gasteiger partial charge in [-0.3, -0.25) is 4.98 Å². The fourth-order valence-electron chi connectivity index (χ4n) is 2.32. The van der Waals surface area contributed by atoms with E-state index in [1.54, 1.807) is 42.6 Å². The van der Waals surface area contributed by atoms with Crippen molar-refractivity contribution in [1.29, 1.82) is 0 Å². The molecule has 7 heteroatoms. The van der Waals surface area contributed by atoms with Crippen molar-refractivity contribution in [3.8, 4) is 11.3 Å². The molecule has 0 aliphatic rings. The number of nitrogens with one attached hydrogen (secondary N) is 1. The van der Waals surface area contributed by atoms with E-state index in [0.29, 0.717) is 11.3 Å². The molecule has 0 aliphatic carbocycles. The Kier molecular flexibility index (Phi) is 5.27. The quantitative estimate of drug-likeness (QED) is 0.674. The third kappa shape index (κ3) is 4.31. The molecule has 0 atom stereocenters. The fourth-order valence-corrected chi connectivity index (χ4v) is 3.59. The average Bonchev–Trinajstić information content (AvgIpc) is 2.61. The number of nitrogens with zero attached hydrogens (tertiary/aromatic N) is 1. The van der Waals surface area contributed by atoms with E-state index in [9.17, 15) is 12.8 Å². The maximum absolute atomic E-state index is 13.1. The Morgan fingerprint density at radius 3 is 2.36 bits per heavy atom. The van der Waals surface area contributed by atoms with Gasteiger partial charge in [0.05, 0.1) is 10.6 Å². The number of rotatable bonds is 5. The standard InChI is InChI=1S/C18H14BrFN2O2S/c19-15-5-9-17(10-6-15)25(23,24)22-12-14-2-1-11-21-18(14)13-3-7-16(20)8-4-13/h1-11,22H,12H2. The lowest BCUT2D eigenvalue weighted by Gasteiger charge is -2.11. The normalized spacial score (nSPS) is 11.4. The first-order valence-electron chi connectivity index (χ1n) is 7.41. The summed E-state index contributed by atoms with van der Waals surface area (Å²) in [5.41, 5.74) is 2.04. The summed E-state index contributed by atoms with van der Waals surface area (Å²) in [6.45, 7) is 0.0823. The van der Waals surface area contributed by atoms with Gasteiger partial charge < -0.3 is 0 Å². The van der Waals surface area contributed by atoms with Crippen molar-refractivity contribution >= 4 is 26.0 Å². The number of pyridine rings is 1. The molecular formula is C18H14BrFN2O2S. The summed E-state index contributed by atoms with van der Waals surface area (Å²) in [5.74, 6) is -0.336. The van der Waals surface area contributed by atoms with E-state index >= 15 is 0 Å². The Morgan fingerprint density at radius 2 is 1.68 bits per heavy atom. The van der Waals surface area contributed by atoms with Gasteiger partial charge in [-0.15, -0.1) is 0 Å². The maximum Gasteiger partial charge on any atom is 0.240 e. The van der Waals surface area contributed by atoms with Crippen LogP contribution in [0.15, 0.2) is 76.2 Å². The molecule has 128 valence electrons. The van der Waals surface area contributed by atoms with Crippen LogP contribution in [-0.2, 0) is 16.6 Å². The molecule has 1 heterocycles. The lowest BCUT2D eigenvalue weighted by atomic mass is 10.1. The average molecular weight is 421 g/mol. The van der Waals surface area contributed by atoms with Crippen molar-refractivity contribution in [3.63, 3.8) is 0 Å². The molecular weight excluding hydrogens is 407 g/mol. The predicted molar refractivity (Wildman–Crippen MR) is 97.8 cm³/mol. The van der Waals surface area contributed by atoms with Gasteiger partial charge in [0.15, 0.2) is 0 Å². The number of hydrogen-bond donors (Lipinski definition) is 1. The molecule has 1 N–H and O–H groups in total. The Labute approximate surface area is 153 Å². The number of sulfonamides is 1. The Balaban J connectivity index is 1.84. The van der Waals surface area contributed by atoms with Crippen molar-refractivity contribution in [2.45, 2.75) is 11.4 Å². The van der Waals surface area contributed by atoms with Crippen molar-refractivity contribution in [2.75, 3.05) is 0 Å². The Hall–Kier alpha value is -2.09. The van der Waals surface area contributed by atoms with E-state index in [4.69, 9.17) is 0 Å². The maximum atomic E-state index is 13.1. The van der Waals surface area contributed by atoms with Crippen LogP contribution in [0.2, 0.25) is 0 Å². The van der Waals surface area contributed by atoms with Crippen LogP contribution in [0.1, 0.15) is 5.56 Å². The summed E-state index contributed by atoms with van der Waals surface area (Å²) in [5, 5.41) is 0. The van der Waals surface area contributed by atoms with Crippen LogP contribution in [0.3, 0.4) is 0 Å². The minimum absolute atomic E-state index is 0.0823. The molecule has 0 saturated heterocycles. The van der Waals surface area contributed by atoms with E-state index in [2.05, 4.69) is 25.6 Å². The minimum Gasteiger partial charge on any atom is -0.256 e. The van der Waals surface area contributed by atoms with Crippen LogP contribution in [-0.4, -0.2) is 13.4 Å². The molecule has 0 unspecified atom stereocenters. The molecule has 3 rings (SSSR count). The van der Waals surface area contributed by atoms with Crippen LogP contribution in [0, 0.1) is 5.82 Å². The van der Waals surface area contributed by atoms with Crippen LogP contribution in [0.5, 0.6) is 0 Å². The molecule has 0 aliphatic heterocycles. The highest BCUT2D eigenvalue weighted by Crippen LogP contribution is 2.22.